The van der Waals surface area contributed by atoms with Gasteiger partial charge in [-0.1, -0.05) is 81.7 Å². The van der Waals surface area contributed by atoms with Crippen molar-refractivity contribution >= 4 is 27.7 Å². The van der Waals surface area contributed by atoms with Crippen LogP contribution in [0.15, 0.2) is 57.9 Å². The summed E-state index contributed by atoms with van der Waals surface area (Å²) in [6.45, 7) is 11.7. The number of benzene rings is 2. The van der Waals surface area contributed by atoms with Crippen molar-refractivity contribution in [1.82, 2.24) is 15.4 Å². The summed E-state index contributed by atoms with van der Waals surface area (Å²) in [6.07, 6.45) is 1.08. The normalized spacial score (nSPS) is 13.1. The van der Waals surface area contributed by atoms with E-state index in [2.05, 4.69) is 15.2 Å². The fourth-order valence-electron chi connectivity index (χ4n) is 4.51. The third kappa shape index (κ3) is 7.10. The van der Waals surface area contributed by atoms with E-state index < -0.39 is 16.1 Å². The van der Waals surface area contributed by atoms with E-state index in [1.807, 2.05) is 52.0 Å². The van der Waals surface area contributed by atoms with E-state index in [1.165, 1.54) is 0 Å². The number of anilines is 1. The fourth-order valence-corrected chi connectivity index (χ4v) is 5.80. The quantitative estimate of drug-likeness (QED) is 0.306. The van der Waals surface area contributed by atoms with Crippen LogP contribution in [0.2, 0.25) is 0 Å². The maximum Gasteiger partial charge on any atom is 0.263 e. The molecule has 1 aromatic heterocycles. The minimum atomic E-state index is -3.96. The number of nitrogens with zero attached hydrogens (tertiary/aromatic N) is 2. The lowest BCUT2D eigenvalue weighted by molar-refractivity contribution is -0.143. The zero-order valence-corrected chi connectivity index (χ0v) is 25.1. The van der Waals surface area contributed by atoms with Gasteiger partial charge in [0.05, 0.1) is 4.90 Å². The number of aryl methyl sites for hydroxylation is 1. The predicted octanol–water partition coefficient (Wildman–Crippen LogP) is 5.29. The molecule has 0 aliphatic carbocycles. The highest BCUT2D eigenvalue weighted by atomic mass is 32.2. The van der Waals surface area contributed by atoms with Gasteiger partial charge in [0.25, 0.3) is 10.0 Å². The van der Waals surface area contributed by atoms with Gasteiger partial charge in [-0.2, -0.15) is 0 Å². The molecule has 2 N–H and O–H groups in total. The van der Waals surface area contributed by atoms with Gasteiger partial charge in [0.15, 0.2) is 5.82 Å². The van der Waals surface area contributed by atoms with Crippen molar-refractivity contribution in [2.45, 2.75) is 71.9 Å². The Bertz CT molecular complexity index is 1430. The first-order valence-corrected chi connectivity index (χ1v) is 15.0. The van der Waals surface area contributed by atoms with E-state index in [0.717, 1.165) is 12.0 Å². The van der Waals surface area contributed by atoms with Crippen molar-refractivity contribution in [2.75, 3.05) is 11.8 Å². The zero-order valence-electron chi connectivity index (χ0n) is 24.3. The number of likely N-dealkylation sites (N-methyl/N-ethyl adjacent to an activating group) is 1. The first-order valence-electron chi connectivity index (χ1n) is 13.5. The van der Waals surface area contributed by atoms with Crippen molar-refractivity contribution in [2.24, 2.45) is 11.8 Å². The van der Waals surface area contributed by atoms with Crippen molar-refractivity contribution in [3.8, 4) is 11.1 Å². The summed E-state index contributed by atoms with van der Waals surface area (Å²) in [5.41, 5.74) is 2.68. The molecule has 216 valence electrons. The maximum atomic E-state index is 13.3. The molecule has 0 saturated heterocycles. The third-order valence-corrected chi connectivity index (χ3v) is 8.52. The molecule has 9 nitrogen and oxygen atoms in total. The van der Waals surface area contributed by atoms with Crippen LogP contribution in [-0.2, 0) is 26.2 Å². The van der Waals surface area contributed by atoms with E-state index in [-0.39, 0.29) is 40.9 Å². The van der Waals surface area contributed by atoms with Crippen molar-refractivity contribution < 1.29 is 22.5 Å². The molecule has 0 saturated carbocycles. The molecule has 2 aromatic carbocycles. The summed E-state index contributed by atoms with van der Waals surface area (Å²) in [5, 5.41) is 6.55. The summed E-state index contributed by atoms with van der Waals surface area (Å²) in [4.78, 5) is 28.0. The van der Waals surface area contributed by atoms with E-state index in [9.17, 15) is 18.0 Å². The summed E-state index contributed by atoms with van der Waals surface area (Å²) in [5.74, 6) is 0.546. The molecule has 0 fully saturated rings. The average Bonchev–Trinajstić information content (AvgIpc) is 3.23. The topological polar surface area (TPSA) is 122 Å². The van der Waals surface area contributed by atoms with Gasteiger partial charge in [-0.05, 0) is 42.9 Å². The van der Waals surface area contributed by atoms with Gasteiger partial charge < -0.3 is 14.7 Å². The monoisotopic (exact) mass is 568 g/mol. The number of aromatic nitrogens is 1. The van der Waals surface area contributed by atoms with Crippen LogP contribution >= 0.6 is 0 Å². The Hall–Kier alpha value is -3.66. The molecule has 2 amide bonds. The molecule has 0 radical (unpaired) electrons. The Morgan fingerprint density at radius 1 is 1.02 bits per heavy atom. The summed E-state index contributed by atoms with van der Waals surface area (Å²) in [7, 11) is -2.37. The number of sulfonamides is 1. The second-order valence-corrected chi connectivity index (χ2v) is 12.2. The minimum Gasteiger partial charge on any atom is -0.359 e. The molecule has 0 spiro atoms. The Kier molecular flexibility index (Phi) is 10.1. The average molecular weight is 569 g/mol. The highest BCUT2D eigenvalue weighted by Gasteiger charge is 2.33. The third-order valence-electron chi connectivity index (χ3n) is 7.12. The van der Waals surface area contributed by atoms with Crippen molar-refractivity contribution in [3.63, 3.8) is 0 Å². The van der Waals surface area contributed by atoms with Crippen LogP contribution < -0.4 is 10.0 Å². The SMILES string of the molecule is CCC(C)[C@@H](C(=O)NC)N(Cc1ccc(-c2ccccc2S(=O)(=O)Nc2noc(C)c2C)cc1)C(=O)CC(C)C. The Morgan fingerprint density at radius 2 is 1.68 bits per heavy atom. The maximum absolute atomic E-state index is 13.3. The first-order chi connectivity index (χ1) is 18.9. The van der Waals surface area contributed by atoms with Crippen molar-refractivity contribution in [3.05, 3.63) is 65.4 Å². The number of nitrogens with one attached hydrogen (secondary N) is 2. The number of carbonyl (C=O) groups excluding carboxylic acids is 2. The highest BCUT2D eigenvalue weighted by Crippen LogP contribution is 2.30. The fraction of sp³-hybridized carbons (Fsp3) is 0.433. The van der Waals surface area contributed by atoms with Gasteiger partial charge in [-0.3, -0.25) is 14.3 Å². The van der Waals surface area contributed by atoms with Crippen LogP contribution in [0.4, 0.5) is 5.82 Å². The number of carbonyl (C=O) groups is 2. The molecule has 0 bridgehead atoms. The molecular weight excluding hydrogens is 528 g/mol. The summed E-state index contributed by atoms with van der Waals surface area (Å²) >= 11 is 0. The Labute approximate surface area is 237 Å². The van der Waals surface area contributed by atoms with E-state index >= 15 is 0 Å². The Balaban J connectivity index is 1.94. The van der Waals surface area contributed by atoms with E-state index in [4.69, 9.17) is 4.52 Å². The smallest absolute Gasteiger partial charge is 0.263 e. The molecule has 1 heterocycles. The number of rotatable bonds is 12. The molecular formula is C30H40N4O5S. The van der Waals surface area contributed by atoms with Crippen LogP contribution in [0.1, 0.15) is 57.4 Å². The lowest BCUT2D eigenvalue weighted by Gasteiger charge is -2.35. The van der Waals surface area contributed by atoms with Gasteiger partial charge in [0.2, 0.25) is 11.8 Å². The number of hydrogen-bond donors (Lipinski definition) is 2. The highest BCUT2D eigenvalue weighted by molar-refractivity contribution is 7.92. The lowest BCUT2D eigenvalue weighted by atomic mass is 9.94. The van der Waals surface area contributed by atoms with Gasteiger partial charge in [0.1, 0.15) is 11.8 Å². The van der Waals surface area contributed by atoms with Gasteiger partial charge in [0, 0.05) is 31.1 Å². The van der Waals surface area contributed by atoms with Crippen LogP contribution in [0, 0.1) is 25.7 Å². The molecule has 3 aromatic rings. The van der Waals surface area contributed by atoms with Crippen molar-refractivity contribution in [1.29, 1.82) is 0 Å². The molecule has 3 rings (SSSR count). The standard InChI is InChI=1S/C30H40N4O5S/c1-8-20(4)28(30(36)31-7)34(27(35)17-19(2)3)18-23-13-15-24(16-14-23)25-11-9-10-12-26(25)40(37,38)33-29-21(5)22(6)39-32-29/h9-16,19-20,28H,8,17-18H2,1-7H3,(H,31,36)(H,32,33)/t20?,28-/m0/s1. The molecule has 40 heavy (non-hydrogen) atoms. The largest absolute Gasteiger partial charge is 0.359 e. The molecule has 1 unspecified atom stereocenters. The van der Waals surface area contributed by atoms with Gasteiger partial charge in [-0.15, -0.1) is 0 Å². The second kappa shape index (κ2) is 13.1. The van der Waals surface area contributed by atoms with Crippen LogP contribution in [0.25, 0.3) is 11.1 Å². The van der Waals surface area contributed by atoms with Gasteiger partial charge >= 0.3 is 0 Å². The Morgan fingerprint density at radius 3 is 2.23 bits per heavy atom. The molecule has 2 atom stereocenters. The zero-order chi connectivity index (χ0) is 29.6. The van der Waals surface area contributed by atoms with Crippen LogP contribution in [0.5, 0.6) is 0 Å². The molecule has 0 aliphatic rings. The first kappa shape index (κ1) is 30.9. The predicted molar refractivity (Wildman–Crippen MR) is 156 cm³/mol. The minimum absolute atomic E-state index is 0.0305. The second-order valence-electron chi connectivity index (χ2n) is 10.6. The van der Waals surface area contributed by atoms with Crippen LogP contribution in [-0.4, -0.2) is 43.4 Å². The van der Waals surface area contributed by atoms with E-state index in [1.54, 1.807) is 50.1 Å². The molecule has 0 aliphatic heterocycles. The lowest BCUT2D eigenvalue weighted by Crippen LogP contribution is -2.51. The number of amides is 2. The van der Waals surface area contributed by atoms with Crippen LogP contribution in [0.3, 0.4) is 0 Å². The van der Waals surface area contributed by atoms with E-state index in [0.29, 0.717) is 28.9 Å². The molecule has 10 heteroatoms. The summed E-state index contributed by atoms with van der Waals surface area (Å²) < 4.78 is 34.3. The number of hydrogen-bond acceptors (Lipinski definition) is 6. The summed E-state index contributed by atoms with van der Waals surface area (Å²) in [6, 6.07) is 13.5. The van der Waals surface area contributed by atoms with Gasteiger partial charge in [-0.25, -0.2) is 8.42 Å².